The van der Waals surface area contributed by atoms with Gasteiger partial charge in [0.25, 0.3) is 0 Å². The van der Waals surface area contributed by atoms with Crippen LogP contribution in [0.3, 0.4) is 0 Å². The topological polar surface area (TPSA) is 67.1 Å². The van der Waals surface area contributed by atoms with Crippen molar-refractivity contribution in [2.24, 2.45) is 4.99 Å². The molecule has 8 heteroatoms. The molecule has 2 aromatic rings. The van der Waals surface area contributed by atoms with Crippen LogP contribution < -0.4 is 10.6 Å². The lowest BCUT2D eigenvalue weighted by atomic mass is 10.3. The van der Waals surface area contributed by atoms with E-state index >= 15 is 0 Å². The Balaban J connectivity index is 0.00000312. The molecular formula is C17H26ClIN6. The fraction of sp³-hybridized carbons (Fsp3) is 0.471. The minimum atomic E-state index is 0. The summed E-state index contributed by atoms with van der Waals surface area (Å²) in [6.45, 7) is 8.44. The van der Waals surface area contributed by atoms with E-state index in [1.54, 1.807) is 12.3 Å². The molecule has 0 fully saturated rings. The normalized spacial score (nSPS) is 11.3. The summed E-state index contributed by atoms with van der Waals surface area (Å²) in [7, 11) is 0. The van der Waals surface area contributed by atoms with Gasteiger partial charge in [-0.3, -0.25) is 4.68 Å². The van der Waals surface area contributed by atoms with Crippen LogP contribution in [0.4, 0.5) is 0 Å². The van der Waals surface area contributed by atoms with E-state index in [2.05, 4.69) is 45.6 Å². The molecule has 2 N–H and O–H groups in total. The lowest BCUT2D eigenvalue weighted by Gasteiger charge is -2.10. The van der Waals surface area contributed by atoms with Gasteiger partial charge in [0.15, 0.2) is 5.96 Å². The SMILES string of the molecule is CCNC(=NCc1ccc(Cl)nc1)NCCc1ccn(C(C)C)n1.I. The maximum Gasteiger partial charge on any atom is 0.191 e. The number of guanidine groups is 1. The quantitative estimate of drug-likeness (QED) is 0.278. The largest absolute Gasteiger partial charge is 0.357 e. The molecule has 6 nitrogen and oxygen atoms in total. The molecule has 25 heavy (non-hydrogen) atoms. The predicted molar refractivity (Wildman–Crippen MR) is 114 cm³/mol. The van der Waals surface area contributed by atoms with Gasteiger partial charge in [-0.2, -0.15) is 5.10 Å². The van der Waals surface area contributed by atoms with Gasteiger partial charge in [-0.1, -0.05) is 17.7 Å². The number of pyridine rings is 1. The Hall–Kier alpha value is -1.35. The summed E-state index contributed by atoms with van der Waals surface area (Å²) in [4.78, 5) is 8.63. The zero-order valence-corrected chi connectivity index (χ0v) is 18.0. The standard InChI is InChI=1S/C17H25ClN6.HI/c1-4-19-17(22-12-14-5-6-16(18)21-11-14)20-9-7-15-8-10-24(23-15)13(2)3;/h5-6,8,10-11,13H,4,7,9,12H2,1-3H3,(H2,19,20,22);1H. The van der Waals surface area contributed by atoms with Crippen LogP contribution >= 0.6 is 35.6 Å². The fourth-order valence-electron chi connectivity index (χ4n) is 2.12. The Kier molecular flexibility index (Phi) is 9.81. The monoisotopic (exact) mass is 476 g/mol. The second kappa shape index (κ2) is 11.3. The number of hydrogen-bond acceptors (Lipinski definition) is 3. The molecule has 0 unspecified atom stereocenters. The van der Waals surface area contributed by atoms with E-state index in [0.717, 1.165) is 36.7 Å². The lowest BCUT2D eigenvalue weighted by Crippen LogP contribution is -2.38. The molecule has 0 aromatic carbocycles. The third kappa shape index (κ3) is 7.60. The molecule has 0 atom stereocenters. The van der Waals surface area contributed by atoms with Gasteiger partial charge in [0.1, 0.15) is 5.15 Å². The van der Waals surface area contributed by atoms with Gasteiger partial charge in [-0.05, 0) is 38.5 Å². The summed E-state index contributed by atoms with van der Waals surface area (Å²) in [5.74, 6) is 0.788. The van der Waals surface area contributed by atoms with Crippen molar-refractivity contribution in [2.75, 3.05) is 13.1 Å². The van der Waals surface area contributed by atoms with Crippen molar-refractivity contribution < 1.29 is 0 Å². The summed E-state index contributed by atoms with van der Waals surface area (Å²) in [6, 6.07) is 6.16. The molecule has 0 amide bonds. The Morgan fingerprint density at radius 3 is 2.68 bits per heavy atom. The molecule has 2 aromatic heterocycles. The van der Waals surface area contributed by atoms with E-state index in [4.69, 9.17) is 11.6 Å². The average Bonchev–Trinajstić information content (AvgIpc) is 3.03. The van der Waals surface area contributed by atoms with Crippen LogP contribution in [-0.2, 0) is 13.0 Å². The molecule has 0 aliphatic rings. The Labute approximate surface area is 171 Å². The zero-order chi connectivity index (χ0) is 17.4. The summed E-state index contributed by atoms with van der Waals surface area (Å²) >= 11 is 5.79. The van der Waals surface area contributed by atoms with Crippen molar-refractivity contribution in [3.05, 3.63) is 47.0 Å². The number of nitrogens with one attached hydrogen (secondary N) is 2. The first-order valence-corrected chi connectivity index (χ1v) is 8.63. The lowest BCUT2D eigenvalue weighted by molar-refractivity contribution is 0.526. The maximum atomic E-state index is 5.79. The van der Waals surface area contributed by atoms with Crippen molar-refractivity contribution in [3.63, 3.8) is 0 Å². The van der Waals surface area contributed by atoms with Crippen molar-refractivity contribution in [1.29, 1.82) is 0 Å². The second-order valence-electron chi connectivity index (χ2n) is 5.74. The van der Waals surface area contributed by atoms with Gasteiger partial charge >= 0.3 is 0 Å². The van der Waals surface area contributed by atoms with E-state index in [1.807, 2.05) is 23.9 Å². The second-order valence-corrected chi connectivity index (χ2v) is 6.13. The van der Waals surface area contributed by atoms with E-state index < -0.39 is 0 Å². The third-order valence-electron chi connectivity index (χ3n) is 3.42. The molecule has 0 radical (unpaired) electrons. The van der Waals surface area contributed by atoms with E-state index in [1.165, 1.54) is 0 Å². The van der Waals surface area contributed by atoms with Crippen LogP contribution in [0.15, 0.2) is 35.6 Å². The highest BCUT2D eigenvalue weighted by Crippen LogP contribution is 2.06. The minimum absolute atomic E-state index is 0. The molecule has 0 aliphatic carbocycles. The van der Waals surface area contributed by atoms with E-state index in [0.29, 0.717) is 17.7 Å². The highest BCUT2D eigenvalue weighted by atomic mass is 127. The van der Waals surface area contributed by atoms with E-state index in [-0.39, 0.29) is 24.0 Å². The van der Waals surface area contributed by atoms with Crippen LogP contribution in [0, 0.1) is 0 Å². The van der Waals surface area contributed by atoms with Gasteiger partial charge in [0.05, 0.1) is 12.2 Å². The molecule has 0 saturated heterocycles. The molecular weight excluding hydrogens is 451 g/mol. The molecule has 0 saturated carbocycles. The smallest absolute Gasteiger partial charge is 0.191 e. The highest BCUT2D eigenvalue weighted by molar-refractivity contribution is 14.0. The van der Waals surface area contributed by atoms with E-state index in [9.17, 15) is 0 Å². The number of nitrogens with zero attached hydrogens (tertiary/aromatic N) is 4. The number of aromatic nitrogens is 3. The van der Waals surface area contributed by atoms with Crippen LogP contribution in [0.2, 0.25) is 5.15 Å². The van der Waals surface area contributed by atoms with Crippen LogP contribution in [-0.4, -0.2) is 33.8 Å². The van der Waals surface area contributed by atoms with Crippen molar-refractivity contribution in [1.82, 2.24) is 25.4 Å². The first-order valence-electron chi connectivity index (χ1n) is 8.25. The molecule has 0 spiro atoms. The number of aliphatic imine (C=N–C) groups is 1. The molecule has 0 aliphatic heterocycles. The summed E-state index contributed by atoms with van der Waals surface area (Å²) in [5.41, 5.74) is 2.10. The summed E-state index contributed by atoms with van der Waals surface area (Å²) in [5, 5.41) is 11.6. The van der Waals surface area contributed by atoms with Crippen molar-refractivity contribution >= 4 is 41.5 Å². The molecule has 138 valence electrons. The number of halogens is 2. The third-order valence-corrected chi connectivity index (χ3v) is 3.64. The Morgan fingerprint density at radius 2 is 2.08 bits per heavy atom. The number of rotatable bonds is 7. The zero-order valence-electron chi connectivity index (χ0n) is 14.9. The Bertz CT molecular complexity index is 653. The molecule has 2 rings (SSSR count). The predicted octanol–water partition coefficient (Wildman–Crippen LogP) is 3.43. The van der Waals surface area contributed by atoms with Gasteiger partial charge in [0.2, 0.25) is 0 Å². The van der Waals surface area contributed by atoms with Gasteiger partial charge in [0, 0.05) is 37.9 Å². The van der Waals surface area contributed by atoms with Gasteiger partial charge in [-0.25, -0.2) is 9.98 Å². The molecule has 2 heterocycles. The van der Waals surface area contributed by atoms with Crippen LogP contribution in [0.5, 0.6) is 0 Å². The summed E-state index contributed by atoms with van der Waals surface area (Å²) < 4.78 is 1.97. The van der Waals surface area contributed by atoms with Gasteiger partial charge < -0.3 is 10.6 Å². The van der Waals surface area contributed by atoms with Gasteiger partial charge in [-0.15, -0.1) is 24.0 Å². The van der Waals surface area contributed by atoms with Crippen LogP contribution in [0.1, 0.15) is 38.1 Å². The first-order chi connectivity index (χ1) is 11.6. The maximum absolute atomic E-state index is 5.79. The van der Waals surface area contributed by atoms with Crippen molar-refractivity contribution in [2.45, 2.75) is 39.8 Å². The number of hydrogen-bond donors (Lipinski definition) is 2. The van der Waals surface area contributed by atoms with Crippen LogP contribution in [0.25, 0.3) is 0 Å². The fourth-order valence-corrected chi connectivity index (χ4v) is 2.23. The minimum Gasteiger partial charge on any atom is -0.357 e. The summed E-state index contributed by atoms with van der Waals surface area (Å²) in [6.07, 6.45) is 4.62. The molecule has 0 bridgehead atoms. The van der Waals surface area contributed by atoms with Crippen molar-refractivity contribution in [3.8, 4) is 0 Å². The Morgan fingerprint density at radius 1 is 1.28 bits per heavy atom. The first kappa shape index (κ1) is 21.7. The highest BCUT2D eigenvalue weighted by Gasteiger charge is 2.03. The average molecular weight is 477 g/mol.